The smallest absolute Gasteiger partial charge is 0.133 e. The summed E-state index contributed by atoms with van der Waals surface area (Å²) in [5.74, 6) is 1.85. The van der Waals surface area contributed by atoms with E-state index in [9.17, 15) is 0 Å². The second-order valence-corrected chi connectivity index (χ2v) is 5.93. The minimum Gasteiger partial charge on any atom is -0.354 e. The molecule has 2 rings (SSSR count). The van der Waals surface area contributed by atoms with Crippen molar-refractivity contribution < 1.29 is 0 Å². The minimum absolute atomic E-state index is 0.684. The number of rotatable bonds is 6. The second kappa shape index (κ2) is 7.60. The Morgan fingerprint density at radius 2 is 2.00 bits per heavy atom. The van der Waals surface area contributed by atoms with Crippen molar-refractivity contribution in [3.63, 3.8) is 0 Å². The summed E-state index contributed by atoms with van der Waals surface area (Å²) in [6.45, 7) is 14.3. The lowest BCUT2D eigenvalue weighted by Gasteiger charge is -2.35. The van der Waals surface area contributed by atoms with E-state index in [-0.39, 0.29) is 0 Å². The molecule has 2 heterocycles. The van der Waals surface area contributed by atoms with E-state index in [4.69, 9.17) is 0 Å². The summed E-state index contributed by atoms with van der Waals surface area (Å²) in [5.41, 5.74) is 1.32. The molecule has 0 spiro atoms. The number of anilines is 1. The van der Waals surface area contributed by atoms with Gasteiger partial charge in [0.15, 0.2) is 0 Å². The summed E-state index contributed by atoms with van der Waals surface area (Å²) in [4.78, 5) is 9.54. The van der Waals surface area contributed by atoms with Gasteiger partial charge in [0.25, 0.3) is 0 Å². The molecule has 0 aliphatic carbocycles. The molecule has 0 bridgehead atoms. The Morgan fingerprint density at radius 3 is 2.65 bits per heavy atom. The molecule has 1 saturated heterocycles. The molecule has 4 heteroatoms. The molecule has 4 nitrogen and oxygen atoms in total. The van der Waals surface area contributed by atoms with E-state index in [1.807, 2.05) is 12.3 Å². The Hall–Kier alpha value is -1.13. The molecule has 20 heavy (non-hydrogen) atoms. The van der Waals surface area contributed by atoms with Gasteiger partial charge in [0, 0.05) is 44.5 Å². The van der Waals surface area contributed by atoms with E-state index in [2.05, 4.69) is 46.9 Å². The molecular weight excluding hydrogens is 248 g/mol. The van der Waals surface area contributed by atoms with E-state index in [0.29, 0.717) is 5.92 Å². The highest BCUT2D eigenvalue weighted by Gasteiger charge is 2.18. The molecule has 112 valence electrons. The van der Waals surface area contributed by atoms with Crippen LogP contribution in [0, 0.1) is 5.92 Å². The van der Waals surface area contributed by atoms with Gasteiger partial charge in [-0.1, -0.05) is 26.8 Å². The van der Waals surface area contributed by atoms with Gasteiger partial charge < -0.3 is 15.1 Å². The average Bonchev–Trinajstić information content (AvgIpc) is 2.47. The van der Waals surface area contributed by atoms with Gasteiger partial charge in [0.05, 0.1) is 0 Å². The molecule has 1 aliphatic heterocycles. The van der Waals surface area contributed by atoms with Crippen molar-refractivity contribution in [2.45, 2.75) is 27.3 Å². The molecule has 1 N–H and O–H groups in total. The topological polar surface area (TPSA) is 31.4 Å². The number of hydrogen-bond acceptors (Lipinski definition) is 4. The monoisotopic (exact) mass is 276 g/mol. The van der Waals surface area contributed by atoms with E-state index >= 15 is 0 Å². The lowest BCUT2D eigenvalue weighted by molar-refractivity contribution is 0.270. The molecule has 0 amide bonds. The van der Waals surface area contributed by atoms with Crippen LogP contribution in [0.4, 0.5) is 5.82 Å². The van der Waals surface area contributed by atoms with Crippen LogP contribution < -0.4 is 10.2 Å². The predicted molar refractivity (Wildman–Crippen MR) is 85.1 cm³/mol. The average molecular weight is 276 g/mol. The lowest BCUT2D eigenvalue weighted by atomic mass is 10.2. The van der Waals surface area contributed by atoms with Crippen LogP contribution in [-0.2, 0) is 6.54 Å². The zero-order valence-electron chi connectivity index (χ0n) is 13.1. The quantitative estimate of drug-likeness (QED) is 0.861. The molecule has 0 aromatic carbocycles. The van der Waals surface area contributed by atoms with Crippen LogP contribution in [0.5, 0.6) is 0 Å². The number of nitrogens with one attached hydrogen (secondary N) is 1. The van der Waals surface area contributed by atoms with E-state index in [0.717, 1.165) is 45.8 Å². The maximum absolute atomic E-state index is 4.62. The Balaban J connectivity index is 1.97. The van der Waals surface area contributed by atoms with Crippen LogP contribution >= 0.6 is 0 Å². The molecular formula is C16H28N4. The molecule has 1 fully saturated rings. The molecule has 0 atom stereocenters. The fraction of sp³-hybridized carbons (Fsp3) is 0.688. The first kappa shape index (κ1) is 15.3. The van der Waals surface area contributed by atoms with Crippen LogP contribution in [0.1, 0.15) is 26.3 Å². The number of nitrogens with zero attached hydrogens (tertiary/aromatic N) is 3. The largest absolute Gasteiger partial charge is 0.354 e. The summed E-state index contributed by atoms with van der Waals surface area (Å²) >= 11 is 0. The fourth-order valence-corrected chi connectivity index (χ4v) is 2.62. The first-order chi connectivity index (χ1) is 9.70. The third-order valence-corrected chi connectivity index (χ3v) is 3.85. The third kappa shape index (κ3) is 4.18. The van der Waals surface area contributed by atoms with Gasteiger partial charge in [-0.25, -0.2) is 4.98 Å². The van der Waals surface area contributed by atoms with Crippen LogP contribution in [0.25, 0.3) is 0 Å². The van der Waals surface area contributed by atoms with Crippen molar-refractivity contribution in [3.8, 4) is 0 Å². The molecule has 1 aliphatic rings. The predicted octanol–water partition coefficient (Wildman–Crippen LogP) is 1.97. The number of likely N-dealkylation sites (N-methyl/N-ethyl adjacent to an activating group) is 1. The summed E-state index contributed by atoms with van der Waals surface area (Å²) in [6, 6.07) is 4.24. The summed E-state index contributed by atoms with van der Waals surface area (Å²) in [5, 5.41) is 3.52. The Kier molecular flexibility index (Phi) is 5.80. The van der Waals surface area contributed by atoms with Gasteiger partial charge in [-0.2, -0.15) is 0 Å². The number of hydrogen-bond donors (Lipinski definition) is 1. The van der Waals surface area contributed by atoms with Crippen LogP contribution in [0.3, 0.4) is 0 Å². The van der Waals surface area contributed by atoms with Gasteiger partial charge in [0.1, 0.15) is 5.82 Å². The summed E-state index contributed by atoms with van der Waals surface area (Å²) in [7, 11) is 0. The number of pyridine rings is 1. The first-order valence-electron chi connectivity index (χ1n) is 7.82. The highest BCUT2D eigenvalue weighted by molar-refractivity contribution is 5.47. The van der Waals surface area contributed by atoms with Crippen LogP contribution in [0.15, 0.2) is 18.3 Å². The lowest BCUT2D eigenvalue weighted by Crippen LogP contribution is -2.46. The van der Waals surface area contributed by atoms with Crippen molar-refractivity contribution in [1.82, 2.24) is 15.2 Å². The highest BCUT2D eigenvalue weighted by Crippen LogP contribution is 2.18. The Morgan fingerprint density at radius 1 is 1.25 bits per heavy atom. The maximum Gasteiger partial charge on any atom is 0.133 e. The van der Waals surface area contributed by atoms with Crippen molar-refractivity contribution in [2.75, 3.05) is 44.2 Å². The van der Waals surface area contributed by atoms with Crippen molar-refractivity contribution in [1.29, 1.82) is 0 Å². The SMILES string of the molecule is CCN1CCN(c2ncccc2CNCC(C)C)CC1. The number of piperazine rings is 1. The van der Waals surface area contributed by atoms with Crippen molar-refractivity contribution >= 4 is 5.82 Å². The second-order valence-electron chi connectivity index (χ2n) is 5.93. The van der Waals surface area contributed by atoms with Gasteiger partial charge in [-0.15, -0.1) is 0 Å². The van der Waals surface area contributed by atoms with E-state index in [1.165, 1.54) is 11.4 Å². The Bertz CT molecular complexity index is 397. The molecule has 1 aromatic rings. The van der Waals surface area contributed by atoms with Crippen LogP contribution in [0.2, 0.25) is 0 Å². The van der Waals surface area contributed by atoms with Gasteiger partial charge in [0.2, 0.25) is 0 Å². The normalized spacial score (nSPS) is 16.9. The maximum atomic E-state index is 4.62. The molecule has 0 saturated carbocycles. The van der Waals surface area contributed by atoms with Crippen molar-refractivity contribution in [3.05, 3.63) is 23.9 Å². The first-order valence-corrected chi connectivity index (χ1v) is 7.82. The van der Waals surface area contributed by atoms with Gasteiger partial charge >= 0.3 is 0 Å². The summed E-state index contributed by atoms with van der Waals surface area (Å²) < 4.78 is 0. The van der Waals surface area contributed by atoms with E-state index in [1.54, 1.807) is 0 Å². The molecule has 1 aromatic heterocycles. The van der Waals surface area contributed by atoms with Crippen LogP contribution in [-0.4, -0.2) is 49.2 Å². The molecule has 0 unspecified atom stereocenters. The Labute approximate surface area is 123 Å². The molecule has 0 radical (unpaired) electrons. The highest BCUT2D eigenvalue weighted by atomic mass is 15.3. The van der Waals surface area contributed by atoms with Crippen molar-refractivity contribution in [2.24, 2.45) is 5.92 Å². The summed E-state index contributed by atoms with van der Waals surface area (Å²) in [6.07, 6.45) is 1.91. The fourth-order valence-electron chi connectivity index (χ4n) is 2.62. The zero-order chi connectivity index (χ0) is 14.4. The number of aromatic nitrogens is 1. The van der Waals surface area contributed by atoms with E-state index < -0.39 is 0 Å². The minimum atomic E-state index is 0.684. The third-order valence-electron chi connectivity index (χ3n) is 3.85. The standard InChI is InChI=1S/C16H28N4/c1-4-19-8-10-20(11-9-19)16-15(6-5-7-18-16)13-17-12-14(2)3/h5-7,14,17H,4,8-13H2,1-3H3. The van der Waals surface area contributed by atoms with Gasteiger partial charge in [-0.3, -0.25) is 0 Å². The van der Waals surface area contributed by atoms with Gasteiger partial charge in [-0.05, 0) is 25.1 Å². The zero-order valence-corrected chi connectivity index (χ0v) is 13.1.